The lowest BCUT2D eigenvalue weighted by molar-refractivity contribution is -0.104. The lowest BCUT2D eigenvalue weighted by Gasteiger charge is -1.91. The maximum Gasteiger partial charge on any atom is 0.143 e. The fourth-order valence-electron chi connectivity index (χ4n) is 1.31. The van der Waals surface area contributed by atoms with Gasteiger partial charge in [-0.2, -0.15) is 0 Å². The van der Waals surface area contributed by atoms with Crippen LogP contribution in [0.2, 0.25) is 0 Å². The summed E-state index contributed by atoms with van der Waals surface area (Å²) >= 11 is 5.12. The number of pyridine rings is 1. The third-order valence-electron chi connectivity index (χ3n) is 2.09. The van der Waals surface area contributed by atoms with Crippen molar-refractivity contribution in [2.75, 3.05) is 0 Å². The maximum absolute atomic E-state index is 10.4. The van der Waals surface area contributed by atoms with Gasteiger partial charge in [-0.15, -0.1) is 11.3 Å². The molecular weight excluding hydrogens is 274 g/mol. The molecule has 4 heteroatoms. The molecule has 2 rings (SSSR count). The number of thiophene rings is 1. The van der Waals surface area contributed by atoms with Crippen LogP contribution in [-0.4, -0.2) is 11.3 Å². The molecule has 0 bridgehead atoms. The van der Waals surface area contributed by atoms with Gasteiger partial charge in [0.2, 0.25) is 0 Å². The van der Waals surface area contributed by atoms with Crippen LogP contribution in [0.1, 0.15) is 11.8 Å². The zero-order valence-corrected chi connectivity index (χ0v) is 10.4. The Morgan fingerprint density at radius 3 is 3.00 bits per heavy atom. The van der Waals surface area contributed by atoms with Crippen molar-refractivity contribution < 1.29 is 4.79 Å². The Morgan fingerprint density at radius 1 is 1.53 bits per heavy atom. The number of carbonyl (C=O) groups is 1. The predicted molar refractivity (Wildman–Crippen MR) is 67.0 cm³/mol. The van der Waals surface area contributed by atoms with Gasteiger partial charge in [-0.3, -0.25) is 9.78 Å². The van der Waals surface area contributed by atoms with Crippen LogP contribution in [-0.2, 0) is 4.79 Å². The maximum atomic E-state index is 10.4. The largest absolute Gasteiger partial charge is 0.299 e. The molecule has 76 valence electrons. The smallest absolute Gasteiger partial charge is 0.143 e. The van der Waals surface area contributed by atoms with E-state index in [1.165, 1.54) is 4.70 Å². The number of allylic oxidation sites excluding steroid dienone is 2. The molecular formula is C11H8BrNOS. The highest BCUT2D eigenvalue weighted by Crippen LogP contribution is 2.34. The Hall–Kier alpha value is -1.000. The molecule has 2 aromatic heterocycles. The topological polar surface area (TPSA) is 30.0 Å². The fourth-order valence-corrected chi connectivity index (χ4v) is 2.91. The number of hydrogen-bond acceptors (Lipinski definition) is 3. The van der Waals surface area contributed by atoms with E-state index in [9.17, 15) is 4.79 Å². The van der Waals surface area contributed by atoms with E-state index in [0.717, 1.165) is 26.6 Å². The fraction of sp³-hybridized carbons (Fsp3) is 0.0909. The van der Waals surface area contributed by atoms with E-state index in [0.29, 0.717) is 0 Å². The number of carbonyl (C=O) groups excluding carboxylic acids is 1. The SMILES string of the molecule is C/C(=C\C=O)c1cc2cncc(Br)c2s1. The van der Waals surface area contributed by atoms with Crippen molar-refractivity contribution in [1.29, 1.82) is 0 Å². The molecule has 2 heterocycles. The van der Waals surface area contributed by atoms with Gasteiger partial charge in [0.1, 0.15) is 6.29 Å². The first-order chi connectivity index (χ1) is 7.22. The van der Waals surface area contributed by atoms with Crippen LogP contribution in [0, 0.1) is 0 Å². The molecule has 0 saturated carbocycles. The summed E-state index contributed by atoms with van der Waals surface area (Å²) in [6, 6.07) is 2.05. The zero-order valence-electron chi connectivity index (χ0n) is 8.03. The van der Waals surface area contributed by atoms with Crippen LogP contribution in [0.15, 0.2) is 29.0 Å². The minimum absolute atomic E-state index is 0.813. The average Bonchev–Trinajstić information content (AvgIpc) is 2.63. The molecule has 0 amide bonds. The predicted octanol–water partition coefficient (Wildman–Crippen LogP) is 3.66. The van der Waals surface area contributed by atoms with Crippen molar-refractivity contribution in [2.24, 2.45) is 0 Å². The second-order valence-electron chi connectivity index (χ2n) is 3.14. The summed E-state index contributed by atoms with van der Waals surface area (Å²) in [4.78, 5) is 15.6. The molecule has 0 aliphatic rings. The van der Waals surface area contributed by atoms with Crippen molar-refractivity contribution in [3.05, 3.63) is 33.9 Å². The molecule has 15 heavy (non-hydrogen) atoms. The number of aromatic nitrogens is 1. The molecule has 0 saturated heterocycles. The van der Waals surface area contributed by atoms with E-state index in [-0.39, 0.29) is 0 Å². The molecule has 0 aromatic carbocycles. The molecule has 0 unspecified atom stereocenters. The summed E-state index contributed by atoms with van der Waals surface area (Å²) in [7, 11) is 0. The Morgan fingerprint density at radius 2 is 2.33 bits per heavy atom. The van der Waals surface area contributed by atoms with Crippen molar-refractivity contribution in [3.63, 3.8) is 0 Å². The molecule has 0 aliphatic heterocycles. The van der Waals surface area contributed by atoms with E-state index in [4.69, 9.17) is 0 Å². The van der Waals surface area contributed by atoms with Crippen molar-refractivity contribution >= 4 is 49.2 Å². The van der Waals surface area contributed by atoms with Crippen LogP contribution in [0.25, 0.3) is 15.7 Å². The third kappa shape index (κ3) is 2.01. The molecule has 0 aliphatic carbocycles. The summed E-state index contributed by atoms with van der Waals surface area (Å²) < 4.78 is 2.16. The number of aldehydes is 1. The van der Waals surface area contributed by atoms with E-state index in [1.807, 2.05) is 19.2 Å². The van der Waals surface area contributed by atoms with Gasteiger partial charge in [0, 0.05) is 22.7 Å². The van der Waals surface area contributed by atoms with Gasteiger partial charge in [-0.1, -0.05) is 0 Å². The summed E-state index contributed by atoms with van der Waals surface area (Å²) in [6.45, 7) is 1.93. The second-order valence-corrected chi connectivity index (χ2v) is 5.04. The Balaban J connectivity index is 2.61. The van der Waals surface area contributed by atoms with Gasteiger partial charge in [0.05, 0.1) is 9.17 Å². The third-order valence-corrected chi connectivity index (χ3v) is 4.27. The number of rotatable bonds is 2. The molecule has 0 fully saturated rings. The number of halogens is 1. The van der Waals surface area contributed by atoms with Crippen LogP contribution in [0.3, 0.4) is 0 Å². The standard InChI is InChI=1S/C11H8BrNOS/c1-7(2-3-14)10-4-8-5-13-6-9(12)11(8)15-10/h2-6H,1H3/b7-2+. The van der Waals surface area contributed by atoms with E-state index < -0.39 is 0 Å². The van der Waals surface area contributed by atoms with Crippen LogP contribution in [0.4, 0.5) is 0 Å². The first kappa shape index (κ1) is 10.5. The van der Waals surface area contributed by atoms with Gasteiger partial charge in [0.25, 0.3) is 0 Å². The van der Waals surface area contributed by atoms with Crippen LogP contribution >= 0.6 is 27.3 Å². The minimum atomic E-state index is 0.813. The highest BCUT2D eigenvalue weighted by Gasteiger charge is 2.06. The van der Waals surface area contributed by atoms with Gasteiger partial charge >= 0.3 is 0 Å². The van der Waals surface area contributed by atoms with E-state index in [1.54, 1.807) is 23.6 Å². The van der Waals surface area contributed by atoms with E-state index >= 15 is 0 Å². The Kier molecular flexibility index (Phi) is 2.98. The lowest BCUT2D eigenvalue weighted by atomic mass is 10.2. The summed E-state index contributed by atoms with van der Waals surface area (Å²) in [5.74, 6) is 0. The molecule has 2 aromatic rings. The van der Waals surface area contributed by atoms with Crippen LogP contribution < -0.4 is 0 Å². The quantitative estimate of drug-likeness (QED) is 0.621. The summed E-state index contributed by atoms with van der Waals surface area (Å²) in [5.41, 5.74) is 0.984. The van der Waals surface area contributed by atoms with Crippen LogP contribution in [0.5, 0.6) is 0 Å². The zero-order chi connectivity index (χ0) is 10.8. The summed E-state index contributed by atoms with van der Waals surface area (Å²) in [6.07, 6.45) is 5.99. The molecule has 0 N–H and O–H groups in total. The van der Waals surface area contributed by atoms with Gasteiger partial charge in [-0.05, 0) is 40.6 Å². The highest BCUT2D eigenvalue weighted by molar-refractivity contribution is 9.10. The monoisotopic (exact) mass is 281 g/mol. The molecule has 0 atom stereocenters. The summed E-state index contributed by atoms with van der Waals surface area (Å²) in [5, 5.41) is 1.10. The molecule has 0 spiro atoms. The first-order valence-corrected chi connectivity index (χ1v) is 5.99. The second kappa shape index (κ2) is 4.24. The van der Waals surface area contributed by atoms with Crippen molar-refractivity contribution in [1.82, 2.24) is 4.98 Å². The Labute approximate surface area is 99.8 Å². The number of nitrogens with zero attached hydrogens (tertiary/aromatic N) is 1. The average molecular weight is 282 g/mol. The van der Waals surface area contributed by atoms with Gasteiger partial charge in [-0.25, -0.2) is 0 Å². The number of hydrogen-bond donors (Lipinski definition) is 0. The highest BCUT2D eigenvalue weighted by atomic mass is 79.9. The van der Waals surface area contributed by atoms with Crippen molar-refractivity contribution in [2.45, 2.75) is 6.92 Å². The Bertz CT molecular complexity index is 545. The van der Waals surface area contributed by atoms with Gasteiger partial charge < -0.3 is 0 Å². The number of fused-ring (bicyclic) bond motifs is 1. The molecule has 2 nitrogen and oxygen atoms in total. The minimum Gasteiger partial charge on any atom is -0.299 e. The molecule has 0 radical (unpaired) electrons. The van der Waals surface area contributed by atoms with Gasteiger partial charge in [0.15, 0.2) is 0 Å². The normalized spacial score (nSPS) is 12.0. The van der Waals surface area contributed by atoms with Crippen molar-refractivity contribution in [3.8, 4) is 0 Å². The van der Waals surface area contributed by atoms with E-state index in [2.05, 4.69) is 20.9 Å². The lowest BCUT2D eigenvalue weighted by Crippen LogP contribution is -1.71. The first-order valence-electron chi connectivity index (χ1n) is 4.38.